The lowest BCUT2D eigenvalue weighted by atomic mass is 10.1. The van der Waals surface area contributed by atoms with E-state index in [1.807, 2.05) is 5.38 Å². The third kappa shape index (κ3) is 3.96. The Kier molecular flexibility index (Phi) is 5.90. The fraction of sp³-hybridized carbons (Fsp3) is 0.150. The van der Waals surface area contributed by atoms with E-state index < -0.39 is 5.97 Å². The number of para-hydroxylation sites is 1. The van der Waals surface area contributed by atoms with Gasteiger partial charge < -0.3 is 14.2 Å². The van der Waals surface area contributed by atoms with Crippen molar-refractivity contribution < 1.29 is 23.8 Å². The Hall–Kier alpha value is -3.39. The number of anilines is 1. The monoisotopic (exact) mass is 398 g/mol. The molecular weight excluding hydrogens is 380 g/mol. The van der Waals surface area contributed by atoms with Gasteiger partial charge in [0.25, 0.3) is 5.91 Å². The van der Waals surface area contributed by atoms with Crippen LogP contribution in [0.1, 0.15) is 20.7 Å². The smallest absolute Gasteiger partial charge is 0.337 e. The minimum absolute atomic E-state index is 0.348. The average molecular weight is 398 g/mol. The summed E-state index contributed by atoms with van der Waals surface area (Å²) in [4.78, 5) is 28.6. The molecule has 0 atom stereocenters. The van der Waals surface area contributed by atoms with Crippen LogP contribution < -0.4 is 14.8 Å². The van der Waals surface area contributed by atoms with Crippen molar-refractivity contribution >= 4 is 28.3 Å². The van der Waals surface area contributed by atoms with Crippen LogP contribution in [0.3, 0.4) is 0 Å². The van der Waals surface area contributed by atoms with Crippen LogP contribution in [0.25, 0.3) is 11.3 Å². The zero-order valence-electron chi connectivity index (χ0n) is 15.5. The molecule has 1 amide bonds. The predicted octanol–water partition coefficient (Wildman–Crippen LogP) is 3.87. The fourth-order valence-electron chi connectivity index (χ4n) is 2.59. The summed E-state index contributed by atoms with van der Waals surface area (Å²) in [5.74, 6) is 0.0843. The standard InChI is InChI=1S/C20H18N2O5S/c1-25-16-6-4-5-14(17(16)26-2)18(23)22-20-21-15(11-28-20)12-7-9-13(10-8-12)19(24)27-3/h4-11H,1-3H3,(H,21,22,23). The Morgan fingerprint density at radius 2 is 1.75 bits per heavy atom. The minimum Gasteiger partial charge on any atom is -0.493 e. The van der Waals surface area contributed by atoms with Gasteiger partial charge in [-0.2, -0.15) is 0 Å². The molecule has 1 aromatic heterocycles. The number of ether oxygens (including phenoxy) is 3. The van der Waals surface area contributed by atoms with Crippen LogP contribution >= 0.6 is 11.3 Å². The van der Waals surface area contributed by atoms with E-state index in [2.05, 4.69) is 15.0 Å². The Morgan fingerprint density at radius 3 is 2.39 bits per heavy atom. The number of hydrogen-bond donors (Lipinski definition) is 1. The highest BCUT2D eigenvalue weighted by molar-refractivity contribution is 7.14. The zero-order valence-corrected chi connectivity index (χ0v) is 16.3. The molecule has 1 heterocycles. The number of hydrogen-bond acceptors (Lipinski definition) is 7. The van der Waals surface area contributed by atoms with Gasteiger partial charge in [-0.25, -0.2) is 9.78 Å². The third-order valence-electron chi connectivity index (χ3n) is 3.97. The molecule has 3 rings (SSSR count). The number of nitrogens with one attached hydrogen (secondary N) is 1. The van der Waals surface area contributed by atoms with E-state index in [-0.39, 0.29) is 5.91 Å². The number of amides is 1. The van der Waals surface area contributed by atoms with Crippen molar-refractivity contribution in [3.8, 4) is 22.8 Å². The molecule has 0 radical (unpaired) electrons. The Balaban J connectivity index is 1.78. The lowest BCUT2D eigenvalue weighted by Crippen LogP contribution is -2.13. The lowest BCUT2D eigenvalue weighted by molar-refractivity contribution is 0.0600. The molecule has 1 N–H and O–H groups in total. The van der Waals surface area contributed by atoms with Crippen LogP contribution in [-0.4, -0.2) is 38.2 Å². The summed E-state index contributed by atoms with van der Waals surface area (Å²) in [6.45, 7) is 0. The van der Waals surface area contributed by atoms with Crippen LogP contribution in [0.5, 0.6) is 11.5 Å². The van der Waals surface area contributed by atoms with Crippen LogP contribution in [-0.2, 0) is 4.74 Å². The van der Waals surface area contributed by atoms with E-state index in [9.17, 15) is 9.59 Å². The van der Waals surface area contributed by atoms with Gasteiger partial charge >= 0.3 is 5.97 Å². The van der Waals surface area contributed by atoms with Crippen LogP contribution in [0.15, 0.2) is 47.8 Å². The van der Waals surface area contributed by atoms with Crippen molar-refractivity contribution in [2.45, 2.75) is 0 Å². The highest BCUT2D eigenvalue weighted by Gasteiger charge is 2.18. The maximum Gasteiger partial charge on any atom is 0.337 e. The predicted molar refractivity (Wildman–Crippen MR) is 106 cm³/mol. The second-order valence-corrected chi connectivity index (χ2v) is 6.46. The highest BCUT2D eigenvalue weighted by atomic mass is 32.1. The normalized spacial score (nSPS) is 10.2. The molecule has 0 bridgehead atoms. The summed E-state index contributed by atoms with van der Waals surface area (Å²) in [6, 6.07) is 12.0. The van der Waals surface area contributed by atoms with E-state index >= 15 is 0 Å². The number of esters is 1. The Labute approximate surface area is 165 Å². The number of methoxy groups -OCH3 is 3. The van der Waals surface area contributed by atoms with Crippen molar-refractivity contribution in [3.05, 3.63) is 59.0 Å². The van der Waals surface area contributed by atoms with Gasteiger partial charge in [-0.3, -0.25) is 10.1 Å². The molecule has 3 aromatic rings. The molecule has 0 fully saturated rings. The minimum atomic E-state index is -0.398. The first kappa shape index (κ1) is 19.4. The molecule has 0 aliphatic carbocycles. The number of benzene rings is 2. The number of carbonyl (C=O) groups excluding carboxylic acids is 2. The molecule has 7 nitrogen and oxygen atoms in total. The number of nitrogens with zero attached hydrogens (tertiary/aromatic N) is 1. The van der Waals surface area contributed by atoms with Gasteiger partial charge in [-0.15, -0.1) is 11.3 Å². The molecule has 0 aliphatic heterocycles. The molecule has 144 valence electrons. The number of rotatable bonds is 6. The molecule has 0 saturated carbocycles. The van der Waals surface area contributed by atoms with Crippen LogP contribution in [0, 0.1) is 0 Å². The lowest BCUT2D eigenvalue weighted by Gasteiger charge is -2.11. The molecular formula is C20H18N2O5S. The largest absolute Gasteiger partial charge is 0.493 e. The number of aromatic nitrogens is 1. The van der Waals surface area contributed by atoms with E-state index in [0.29, 0.717) is 33.5 Å². The first-order valence-corrected chi connectivity index (χ1v) is 9.12. The summed E-state index contributed by atoms with van der Waals surface area (Å²) in [5.41, 5.74) is 2.32. The fourth-order valence-corrected chi connectivity index (χ4v) is 3.30. The van der Waals surface area contributed by atoms with Crippen LogP contribution in [0.4, 0.5) is 5.13 Å². The highest BCUT2D eigenvalue weighted by Crippen LogP contribution is 2.32. The maximum absolute atomic E-state index is 12.6. The topological polar surface area (TPSA) is 86.8 Å². The molecule has 8 heteroatoms. The molecule has 28 heavy (non-hydrogen) atoms. The van der Waals surface area contributed by atoms with Gasteiger partial charge in [0.1, 0.15) is 0 Å². The Bertz CT molecular complexity index is 998. The average Bonchev–Trinajstić information content (AvgIpc) is 3.20. The Morgan fingerprint density at radius 1 is 1.00 bits per heavy atom. The summed E-state index contributed by atoms with van der Waals surface area (Å²) >= 11 is 1.30. The SMILES string of the molecule is COC(=O)c1ccc(-c2csc(NC(=O)c3cccc(OC)c3OC)n2)cc1. The van der Waals surface area contributed by atoms with Gasteiger partial charge in [0.2, 0.25) is 0 Å². The zero-order chi connectivity index (χ0) is 20.1. The maximum atomic E-state index is 12.6. The number of thiazole rings is 1. The van der Waals surface area contributed by atoms with Gasteiger partial charge in [0, 0.05) is 10.9 Å². The first-order valence-electron chi connectivity index (χ1n) is 8.24. The summed E-state index contributed by atoms with van der Waals surface area (Å²) in [7, 11) is 4.33. The van der Waals surface area contributed by atoms with E-state index in [0.717, 1.165) is 5.56 Å². The molecule has 0 unspecified atom stereocenters. The first-order chi connectivity index (χ1) is 13.6. The van der Waals surface area contributed by atoms with E-state index in [4.69, 9.17) is 9.47 Å². The van der Waals surface area contributed by atoms with Gasteiger partial charge in [0.05, 0.1) is 38.2 Å². The van der Waals surface area contributed by atoms with Crippen molar-refractivity contribution in [1.29, 1.82) is 0 Å². The quantitative estimate of drug-likeness (QED) is 0.635. The second kappa shape index (κ2) is 8.53. The van der Waals surface area contributed by atoms with Crippen LogP contribution in [0.2, 0.25) is 0 Å². The third-order valence-corrected chi connectivity index (χ3v) is 4.73. The van der Waals surface area contributed by atoms with Gasteiger partial charge in [0.15, 0.2) is 16.6 Å². The van der Waals surface area contributed by atoms with Crippen molar-refractivity contribution in [3.63, 3.8) is 0 Å². The summed E-state index contributed by atoms with van der Waals surface area (Å²) < 4.78 is 15.2. The second-order valence-electron chi connectivity index (χ2n) is 5.60. The van der Waals surface area contributed by atoms with Gasteiger partial charge in [-0.05, 0) is 24.3 Å². The molecule has 0 saturated heterocycles. The van der Waals surface area contributed by atoms with Crippen molar-refractivity contribution in [2.75, 3.05) is 26.6 Å². The van der Waals surface area contributed by atoms with E-state index in [1.165, 1.54) is 32.7 Å². The molecule has 2 aromatic carbocycles. The van der Waals surface area contributed by atoms with Crippen molar-refractivity contribution in [2.24, 2.45) is 0 Å². The number of carbonyl (C=O) groups is 2. The van der Waals surface area contributed by atoms with E-state index in [1.54, 1.807) is 42.5 Å². The van der Waals surface area contributed by atoms with Crippen molar-refractivity contribution in [1.82, 2.24) is 4.98 Å². The summed E-state index contributed by atoms with van der Waals surface area (Å²) in [6.07, 6.45) is 0. The molecule has 0 spiro atoms. The summed E-state index contributed by atoms with van der Waals surface area (Å²) in [5, 5.41) is 5.04. The van der Waals surface area contributed by atoms with Gasteiger partial charge in [-0.1, -0.05) is 18.2 Å². The molecule has 0 aliphatic rings.